The first kappa shape index (κ1) is 12.4. The summed E-state index contributed by atoms with van der Waals surface area (Å²) in [4.78, 5) is 13.5. The second-order valence-corrected chi connectivity index (χ2v) is 5.10. The van der Waals surface area contributed by atoms with Gasteiger partial charge in [0.2, 0.25) is 0 Å². The fourth-order valence-electron chi connectivity index (χ4n) is 3.10. The molecule has 2 saturated heterocycles. The molecular weight excluding hydrogens is 220 g/mol. The Morgan fingerprint density at radius 3 is 3.00 bits per heavy atom. The zero-order valence-electron chi connectivity index (χ0n) is 10.5. The summed E-state index contributed by atoms with van der Waals surface area (Å²) in [6.45, 7) is 1.44. The maximum absolute atomic E-state index is 11.3. The molecule has 0 aromatic heterocycles. The van der Waals surface area contributed by atoms with Gasteiger partial charge in [0.15, 0.2) is 5.72 Å². The first-order valence-electron chi connectivity index (χ1n) is 6.20. The van der Waals surface area contributed by atoms with Crippen LogP contribution in [-0.2, 0) is 9.53 Å². The van der Waals surface area contributed by atoms with Crippen molar-refractivity contribution in [3.63, 3.8) is 0 Å². The number of hydrogen-bond donors (Lipinski definition) is 1. The molecule has 0 radical (unpaired) electrons. The molecular formula is C12H20N2O3. The molecule has 0 saturated carbocycles. The smallest absolute Gasteiger partial charge is 0.304 e. The van der Waals surface area contributed by atoms with Gasteiger partial charge in [0.1, 0.15) is 0 Å². The summed E-state index contributed by atoms with van der Waals surface area (Å²) >= 11 is 0. The van der Waals surface area contributed by atoms with Crippen molar-refractivity contribution in [3.05, 3.63) is 0 Å². The molecule has 17 heavy (non-hydrogen) atoms. The van der Waals surface area contributed by atoms with E-state index in [2.05, 4.69) is 10.1 Å². The van der Waals surface area contributed by atoms with E-state index in [1.54, 1.807) is 0 Å². The van der Waals surface area contributed by atoms with Crippen molar-refractivity contribution in [1.82, 2.24) is 4.90 Å². The largest absolute Gasteiger partial charge is 0.443 e. The van der Waals surface area contributed by atoms with E-state index in [1.807, 2.05) is 7.05 Å². The lowest BCUT2D eigenvalue weighted by atomic mass is 9.90. The number of esters is 1. The molecule has 2 bridgehead atoms. The van der Waals surface area contributed by atoms with Gasteiger partial charge in [-0.1, -0.05) is 11.6 Å². The van der Waals surface area contributed by atoms with Crippen LogP contribution >= 0.6 is 0 Å². The lowest BCUT2D eigenvalue weighted by Crippen LogP contribution is -2.58. The van der Waals surface area contributed by atoms with Crippen LogP contribution in [0.3, 0.4) is 0 Å². The lowest BCUT2D eigenvalue weighted by molar-refractivity contribution is -0.186. The molecule has 1 N–H and O–H groups in total. The van der Waals surface area contributed by atoms with Gasteiger partial charge < -0.3 is 9.94 Å². The number of oxime groups is 1. The first-order chi connectivity index (χ1) is 8.07. The van der Waals surface area contributed by atoms with Crippen LogP contribution in [0, 0.1) is 0 Å². The Kier molecular flexibility index (Phi) is 3.38. The highest BCUT2D eigenvalue weighted by atomic mass is 16.6. The third-order valence-electron chi connectivity index (χ3n) is 3.97. The maximum atomic E-state index is 11.3. The van der Waals surface area contributed by atoms with Crippen molar-refractivity contribution in [2.24, 2.45) is 5.16 Å². The third kappa shape index (κ3) is 2.29. The fraction of sp³-hybridized carbons (Fsp3) is 0.833. The van der Waals surface area contributed by atoms with Crippen LogP contribution in [0.25, 0.3) is 0 Å². The van der Waals surface area contributed by atoms with Gasteiger partial charge in [0.05, 0.1) is 5.71 Å². The predicted octanol–water partition coefficient (Wildman–Crippen LogP) is 1.74. The van der Waals surface area contributed by atoms with Crippen molar-refractivity contribution in [2.45, 2.75) is 57.2 Å². The van der Waals surface area contributed by atoms with Crippen LogP contribution < -0.4 is 0 Å². The molecule has 0 amide bonds. The van der Waals surface area contributed by atoms with E-state index in [9.17, 15) is 4.79 Å². The van der Waals surface area contributed by atoms with Gasteiger partial charge in [-0.05, 0) is 19.9 Å². The molecule has 2 aliphatic rings. The molecule has 0 aromatic rings. The van der Waals surface area contributed by atoms with E-state index in [1.165, 1.54) is 6.92 Å². The molecule has 0 spiro atoms. The van der Waals surface area contributed by atoms with Crippen LogP contribution in [0.4, 0.5) is 0 Å². The van der Waals surface area contributed by atoms with E-state index in [0.717, 1.165) is 37.8 Å². The number of ether oxygens (including phenoxy) is 1. The number of carbonyl (C=O) groups excluding carboxylic acids is 1. The molecule has 2 heterocycles. The quantitative estimate of drug-likeness (QED) is 0.431. The van der Waals surface area contributed by atoms with E-state index >= 15 is 0 Å². The normalized spacial score (nSPS) is 36.6. The van der Waals surface area contributed by atoms with Crippen molar-refractivity contribution in [2.75, 3.05) is 7.05 Å². The van der Waals surface area contributed by atoms with E-state index in [-0.39, 0.29) is 5.97 Å². The summed E-state index contributed by atoms with van der Waals surface area (Å²) < 4.78 is 5.57. The highest BCUT2D eigenvalue weighted by Crippen LogP contribution is 2.39. The Morgan fingerprint density at radius 2 is 2.35 bits per heavy atom. The van der Waals surface area contributed by atoms with Gasteiger partial charge in [0, 0.05) is 32.2 Å². The maximum Gasteiger partial charge on any atom is 0.304 e. The summed E-state index contributed by atoms with van der Waals surface area (Å²) in [6, 6.07) is 0.316. The van der Waals surface area contributed by atoms with Gasteiger partial charge >= 0.3 is 5.97 Å². The average Bonchev–Trinajstić information content (AvgIpc) is 2.37. The predicted molar refractivity (Wildman–Crippen MR) is 63.0 cm³/mol. The number of piperidine rings is 1. The van der Waals surface area contributed by atoms with Gasteiger partial charge in [-0.3, -0.25) is 9.69 Å². The molecule has 5 heteroatoms. The molecule has 5 nitrogen and oxygen atoms in total. The zero-order valence-corrected chi connectivity index (χ0v) is 10.5. The molecule has 2 unspecified atom stereocenters. The first-order valence-corrected chi connectivity index (χ1v) is 6.20. The Morgan fingerprint density at radius 1 is 1.59 bits per heavy atom. The third-order valence-corrected chi connectivity index (χ3v) is 3.97. The van der Waals surface area contributed by atoms with Crippen molar-refractivity contribution in [1.29, 1.82) is 0 Å². The minimum Gasteiger partial charge on any atom is -0.443 e. The molecule has 2 rings (SSSR count). The van der Waals surface area contributed by atoms with Crippen molar-refractivity contribution in [3.8, 4) is 0 Å². The molecule has 2 aliphatic heterocycles. The summed E-state index contributed by atoms with van der Waals surface area (Å²) in [5, 5.41) is 12.4. The Balaban J connectivity index is 2.31. The fourth-order valence-corrected chi connectivity index (χ4v) is 3.10. The zero-order chi connectivity index (χ0) is 12.5. The Hall–Kier alpha value is -1.10. The average molecular weight is 240 g/mol. The van der Waals surface area contributed by atoms with Crippen molar-refractivity contribution >= 4 is 11.7 Å². The summed E-state index contributed by atoms with van der Waals surface area (Å²) in [7, 11) is 2.01. The molecule has 2 fully saturated rings. The second-order valence-electron chi connectivity index (χ2n) is 5.10. The van der Waals surface area contributed by atoms with Crippen LogP contribution in [0.2, 0.25) is 0 Å². The lowest BCUT2D eigenvalue weighted by Gasteiger charge is -2.47. The van der Waals surface area contributed by atoms with Gasteiger partial charge in [-0.2, -0.15) is 0 Å². The van der Waals surface area contributed by atoms with Crippen LogP contribution in [0.15, 0.2) is 5.16 Å². The Bertz CT molecular complexity index is 343. The topological polar surface area (TPSA) is 62.1 Å². The van der Waals surface area contributed by atoms with Crippen molar-refractivity contribution < 1.29 is 14.7 Å². The molecule has 2 atom stereocenters. The van der Waals surface area contributed by atoms with Crippen LogP contribution in [-0.4, -0.2) is 40.6 Å². The van der Waals surface area contributed by atoms with Gasteiger partial charge in [-0.15, -0.1) is 0 Å². The number of rotatable bonds is 1. The minimum absolute atomic E-state index is 0.267. The standard InChI is InChI=1S/C12H20N2O3/c1-9(15)17-12-6-4-3-5-11(14(12)2)7-10(8-12)13-16/h11,16H,3-8H2,1-2H3/b13-10+. The number of hydrogen-bond acceptors (Lipinski definition) is 5. The Labute approximate surface area is 101 Å². The van der Waals surface area contributed by atoms with Gasteiger partial charge in [-0.25, -0.2) is 0 Å². The molecule has 0 aromatic carbocycles. The molecule has 0 aliphatic carbocycles. The summed E-state index contributed by atoms with van der Waals surface area (Å²) in [5.41, 5.74) is 0.156. The van der Waals surface area contributed by atoms with E-state index in [4.69, 9.17) is 9.94 Å². The number of fused-ring (bicyclic) bond motifs is 2. The van der Waals surface area contributed by atoms with Gasteiger partial charge in [0.25, 0.3) is 0 Å². The summed E-state index contributed by atoms with van der Waals surface area (Å²) in [6.07, 6.45) is 5.37. The highest BCUT2D eigenvalue weighted by Gasteiger charge is 2.47. The number of carbonyl (C=O) groups is 1. The summed E-state index contributed by atoms with van der Waals surface area (Å²) in [5.74, 6) is -0.267. The molecule has 96 valence electrons. The second kappa shape index (κ2) is 4.64. The minimum atomic E-state index is -0.590. The monoisotopic (exact) mass is 240 g/mol. The highest BCUT2D eigenvalue weighted by molar-refractivity contribution is 5.86. The van der Waals surface area contributed by atoms with Crippen LogP contribution in [0.5, 0.6) is 0 Å². The van der Waals surface area contributed by atoms with E-state index < -0.39 is 5.72 Å². The van der Waals surface area contributed by atoms with E-state index in [0.29, 0.717) is 12.5 Å². The SMILES string of the molecule is CC(=O)OC12CCCCC(C/C(=N\O)C1)N2C. The number of nitrogens with zero attached hydrogens (tertiary/aromatic N) is 2. The van der Waals surface area contributed by atoms with Crippen LogP contribution in [0.1, 0.15) is 45.4 Å².